The van der Waals surface area contributed by atoms with Crippen molar-refractivity contribution in [2.75, 3.05) is 13.2 Å². The van der Waals surface area contributed by atoms with Crippen LogP contribution in [0.1, 0.15) is 80.1 Å². The molecule has 0 amide bonds. The Morgan fingerprint density at radius 3 is 2.53 bits per heavy atom. The molecule has 234 valence electrons. The SMILES string of the molecule is CC(C)Oc1cc(C(=O)O)nc2ccc(OCC34CCC(/C=C/c5c(-c6c(Cl)cncc6Cl)noc5C5CC5)(CC3)CO4)cc12. The molecule has 8 rings (SSSR count). The van der Waals surface area contributed by atoms with Crippen molar-refractivity contribution in [2.24, 2.45) is 5.41 Å². The lowest BCUT2D eigenvalue weighted by molar-refractivity contribution is -0.181. The van der Waals surface area contributed by atoms with Crippen molar-refractivity contribution in [3.63, 3.8) is 0 Å². The molecule has 2 saturated heterocycles. The standard InChI is InChI=1S/C34H33Cl2N3O6/c1-19(2)44-28-14-27(32(40)41)38-26-6-5-21(13-23(26)28)42-18-34-11-9-33(10-12-34,17-43-34)8-7-22-30(39-45-31(22)20-3-4-20)29-24(35)15-37-16-25(29)36/h5-8,13-16,19-20H,3-4,9-12,17-18H2,1-2H3,(H,40,41)/b8-7+. The first-order chi connectivity index (χ1) is 21.6. The van der Waals surface area contributed by atoms with E-state index in [-0.39, 0.29) is 22.8 Å². The van der Waals surface area contributed by atoms with Crippen molar-refractivity contribution in [2.45, 2.75) is 70.0 Å². The Balaban J connectivity index is 1.07. The molecule has 0 unspecified atom stereocenters. The van der Waals surface area contributed by atoms with Crippen LogP contribution >= 0.6 is 23.2 Å². The number of fused-ring (bicyclic) bond motifs is 4. The number of hydrogen-bond donors (Lipinski definition) is 1. The van der Waals surface area contributed by atoms with Crippen molar-refractivity contribution < 1.29 is 28.6 Å². The minimum atomic E-state index is -1.10. The van der Waals surface area contributed by atoms with E-state index in [4.69, 9.17) is 41.9 Å². The number of nitrogens with zero attached hydrogens (tertiary/aromatic N) is 3. The summed E-state index contributed by atoms with van der Waals surface area (Å²) in [6.45, 7) is 4.80. The normalized spacial score (nSPS) is 22.9. The largest absolute Gasteiger partial charge is 0.491 e. The highest BCUT2D eigenvalue weighted by atomic mass is 35.5. The molecule has 9 nitrogen and oxygen atoms in total. The van der Waals surface area contributed by atoms with Crippen LogP contribution in [0.2, 0.25) is 10.0 Å². The van der Waals surface area contributed by atoms with Gasteiger partial charge in [-0.3, -0.25) is 4.98 Å². The summed E-state index contributed by atoms with van der Waals surface area (Å²) in [4.78, 5) is 19.9. The number of hydrogen-bond acceptors (Lipinski definition) is 8. The molecule has 45 heavy (non-hydrogen) atoms. The quantitative estimate of drug-likeness (QED) is 0.181. The first-order valence-electron chi connectivity index (χ1n) is 15.2. The van der Waals surface area contributed by atoms with E-state index in [1.54, 1.807) is 18.5 Å². The third-order valence-corrected chi connectivity index (χ3v) is 9.62. The molecule has 0 atom stereocenters. The number of carboxylic acid groups (broad SMARTS) is 1. The smallest absolute Gasteiger partial charge is 0.354 e. The maximum atomic E-state index is 11.6. The predicted octanol–water partition coefficient (Wildman–Crippen LogP) is 8.38. The Morgan fingerprint density at radius 1 is 1.13 bits per heavy atom. The number of halogens is 2. The van der Waals surface area contributed by atoms with Crippen LogP contribution in [0.15, 0.2) is 47.3 Å². The summed E-state index contributed by atoms with van der Waals surface area (Å²) in [5.41, 5.74) is 2.22. The zero-order valence-corrected chi connectivity index (χ0v) is 26.5. The summed E-state index contributed by atoms with van der Waals surface area (Å²) in [7, 11) is 0. The van der Waals surface area contributed by atoms with Gasteiger partial charge in [0.25, 0.3) is 0 Å². The number of benzene rings is 1. The van der Waals surface area contributed by atoms with Gasteiger partial charge < -0.3 is 23.8 Å². The van der Waals surface area contributed by atoms with Gasteiger partial charge in [0.15, 0.2) is 5.69 Å². The fourth-order valence-electron chi connectivity index (χ4n) is 6.32. The van der Waals surface area contributed by atoms with Gasteiger partial charge in [0.05, 0.1) is 28.3 Å². The molecule has 4 fully saturated rings. The average molecular weight is 651 g/mol. The number of carboxylic acids is 1. The van der Waals surface area contributed by atoms with E-state index < -0.39 is 5.97 Å². The van der Waals surface area contributed by atoms with Gasteiger partial charge in [0.1, 0.15) is 35.2 Å². The Bertz CT molecular complexity index is 1770. The van der Waals surface area contributed by atoms with E-state index in [2.05, 4.69) is 27.3 Å². The van der Waals surface area contributed by atoms with Crippen LogP contribution in [-0.2, 0) is 4.74 Å². The van der Waals surface area contributed by atoms with E-state index in [1.807, 2.05) is 26.0 Å². The molecular weight excluding hydrogens is 617 g/mol. The number of aromatic nitrogens is 3. The maximum Gasteiger partial charge on any atom is 0.354 e. The van der Waals surface area contributed by atoms with Gasteiger partial charge in [0, 0.05) is 46.3 Å². The van der Waals surface area contributed by atoms with E-state index in [9.17, 15) is 9.90 Å². The monoisotopic (exact) mass is 649 g/mol. The van der Waals surface area contributed by atoms with Crippen molar-refractivity contribution >= 4 is 46.2 Å². The second kappa shape index (κ2) is 11.6. The number of pyridine rings is 2. The lowest BCUT2D eigenvalue weighted by Crippen LogP contribution is -2.53. The maximum absolute atomic E-state index is 11.6. The molecule has 11 heteroatoms. The van der Waals surface area contributed by atoms with Crippen LogP contribution < -0.4 is 9.47 Å². The molecule has 4 aromatic rings. The predicted molar refractivity (Wildman–Crippen MR) is 170 cm³/mol. The molecule has 1 aromatic carbocycles. The number of ether oxygens (including phenoxy) is 3. The Hall–Kier alpha value is -3.66. The van der Waals surface area contributed by atoms with E-state index in [1.165, 1.54) is 6.07 Å². The molecule has 2 aliphatic heterocycles. The number of aromatic carboxylic acids is 1. The molecule has 0 radical (unpaired) electrons. The second-order valence-electron chi connectivity index (χ2n) is 12.7. The van der Waals surface area contributed by atoms with Crippen molar-refractivity contribution in [1.29, 1.82) is 0 Å². The minimum Gasteiger partial charge on any atom is -0.491 e. The Labute approximate surface area is 270 Å². The Kier molecular flexibility index (Phi) is 7.74. The lowest BCUT2D eigenvalue weighted by Gasteiger charge is -2.51. The molecule has 5 heterocycles. The molecule has 2 bridgehead atoms. The van der Waals surface area contributed by atoms with Gasteiger partial charge in [-0.1, -0.05) is 40.5 Å². The van der Waals surface area contributed by atoms with Crippen molar-refractivity contribution in [1.82, 2.24) is 15.1 Å². The molecular formula is C34H33Cl2N3O6. The van der Waals surface area contributed by atoms with Gasteiger partial charge in [0.2, 0.25) is 0 Å². The fourth-order valence-corrected chi connectivity index (χ4v) is 6.86. The van der Waals surface area contributed by atoms with Gasteiger partial charge >= 0.3 is 5.97 Å². The first kappa shape index (κ1) is 30.0. The van der Waals surface area contributed by atoms with Crippen LogP contribution in [0, 0.1) is 5.41 Å². The Morgan fingerprint density at radius 2 is 1.89 bits per heavy atom. The van der Waals surface area contributed by atoms with Gasteiger partial charge in [-0.25, -0.2) is 9.78 Å². The zero-order chi connectivity index (χ0) is 31.3. The summed E-state index contributed by atoms with van der Waals surface area (Å²) in [5, 5.41) is 15.5. The van der Waals surface area contributed by atoms with Crippen molar-refractivity contribution in [3.05, 3.63) is 69.8 Å². The van der Waals surface area contributed by atoms with Crippen LogP contribution in [0.3, 0.4) is 0 Å². The van der Waals surface area contributed by atoms with E-state index >= 15 is 0 Å². The molecule has 2 saturated carbocycles. The molecule has 3 aromatic heterocycles. The van der Waals surface area contributed by atoms with E-state index in [0.717, 1.165) is 49.8 Å². The summed E-state index contributed by atoms with van der Waals surface area (Å²) in [5.74, 6) is 1.26. The first-order valence-corrected chi connectivity index (χ1v) is 16.0. The van der Waals surface area contributed by atoms with Crippen LogP contribution in [0.25, 0.3) is 28.2 Å². The second-order valence-corrected chi connectivity index (χ2v) is 13.5. The molecule has 4 aliphatic rings. The summed E-state index contributed by atoms with van der Waals surface area (Å²) < 4.78 is 24.6. The average Bonchev–Trinajstić information content (AvgIpc) is 3.79. The summed E-state index contributed by atoms with van der Waals surface area (Å²) >= 11 is 13.0. The van der Waals surface area contributed by atoms with Gasteiger partial charge in [-0.2, -0.15) is 0 Å². The third kappa shape index (κ3) is 5.89. The van der Waals surface area contributed by atoms with Crippen LogP contribution in [0.4, 0.5) is 0 Å². The van der Waals surface area contributed by atoms with Gasteiger partial charge in [-0.05, 0) is 70.6 Å². The third-order valence-electron chi connectivity index (χ3n) is 9.05. The van der Waals surface area contributed by atoms with Crippen LogP contribution in [-0.4, -0.2) is 51.1 Å². The highest BCUT2D eigenvalue weighted by molar-refractivity contribution is 6.39. The zero-order valence-electron chi connectivity index (χ0n) is 25.0. The fraction of sp³-hybridized carbons (Fsp3) is 0.412. The highest BCUT2D eigenvalue weighted by Crippen LogP contribution is 2.51. The highest BCUT2D eigenvalue weighted by Gasteiger charge is 2.49. The van der Waals surface area contributed by atoms with Crippen LogP contribution in [0.5, 0.6) is 11.5 Å². The summed E-state index contributed by atoms with van der Waals surface area (Å²) in [6.07, 6.45) is 13.2. The van der Waals surface area contributed by atoms with E-state index in [0.29, 0.717) is 62.8 Å². The van der Waals surface area contributed by atoms with Crippen molar-refractivity contribution in [3.8, 4) is 22.8 Å². The molecule has 1 N–H and O–H groups in total. The summed E-state index contributed by atoms with van der Waals surface area (Å²) in [6, 6.07) is 6.89. The lowest BCUT2D eigenvalue weighted by atomic mass is 9.66. The number of carbonyl (C=O) groups is 1. The topological polar surface area (TPSA) is 117 Å². The van der Waals surface area contributed by atoms with Gasteiger partial charge in [-0.15, -0.1) is 0 Å². The molecule has 2 aliphatic carbocycles. The molecule has 0 spiro atoms. The minimum absolute atomic E-state index is 0.0602. The number of rotatable bonds is 10.